The van der Waals surface area contributed by atoms with Crippen LogP contribution in [-0.4, -0.2) is 55.5 Å². The summed E-state index contributed by atoms with van der Waals surface area (Å²) in [7, 11) is -2.45. The summed E-state index contributed by atoms with van der Waals surface area (Å²) in [5, 5.41) is 9.40. The molecular formula is C18H18FNO5S2. The summed E-state index contributed by atoms with van der Waals surface area (Å²) in [6, 6.07) is 7.71. The van der Waals surface area contributed by atoms with Gasteiger partial charge in [0.1, 0.15) is 11.6 Å². The Morgan fingerprint density at radius 3 is 2.52 bits per heavy atom. The van der Waals surface area contributed by atoms with Crippen molar-refractivity contribution >= 4 is 27.8 Å². The van der Waals surface area contributed by atoms with Gasteiger partial charge in [-0.05, 0) is 42.0 Å². The van der Waals surface area contributed by atoms with Gasteiger partial charge in [0.25, 0.3) is 0 Å². The first-order valence-electron chi connectivity index (χ1n) is 8.13. The number of rotatable bonds is 5. The van der Waals surface area contributed by atoms with E-state index >= 15 is 0 Å². The van der Waals surface area contributed by atoms with Crippen LogP contribution in [0.4, 0.5) is 4.39 Å². The Bertz CT molecular complexity index is 972. The maximum atomic E-state index is 14.3. The van der Waals surface area contributed by atoms with E-state index in [0.29, 0.717) is 30.3 Å². The van der Waals surface area contributed by atoms with E-state index in [2.05, 4.69) is 0 Å². The number of hydrogen-bond donors (Lipinski definition) is 1. The number of nitrogens with zero attached hydrogens (tertiary/aromatic N) is 1. The monoisotopic (exact) mass is 411 g/mol. The van der Waals surface area contributed by atoms with Gasteiger partial charge in [0.2, 0.25) is 10.0 Å². The van der Waals surface area contributed by atoms with E-state index in [-0.39, 0.29) is 21.6 Å². The quantitative estimate of drug-likeness (QED) is 0.815. The molecule has 2 aromatic carbocycles. The van der Waals surface area contributed by atoms with Gasteiger partial charge >= 0.3 is 5.97 Å². The van der Waals surface area contributed by atoms with Crippen LogP contribution >= 0.6 is 11.8 Å². The number of carbonyl (C=O) groups is 1. The number of sulfonamides is 1. The molecule has 0 atom stereocenters. The van der Waals surface area contributed by atoms with Crippen molar-refractivity contribution in [2.75, 3.05) is 31.7 Å². The molecule has 9 heteroatoms. The summed E-state index contributed by atoms with van der Waals surface area (Å²) in [6.45, 7) is 0.709. The lowest BCUT2D eigenvalue weighted by molar-refractivity contribution is 0.0696. The normalized spacial score (nSPS) is 15.5. The number of halogens is 1. The Morgan fingerprint density at radius 2 is 1.89 bits per heavy atom. The Kier molecular flexibility index (Phi) is 5.73. The third-order valence-corrected chi connectivity index (χ3v) is 7.06. The largest absolute Gasteiger partial charge is 0.497 e. The predicted octanol–water partition coefficient (Wildman–Crippen LogP) is 2.94. The molecule has 6 nitrogen and oxygen atoms in total. The van der Waals surface area contributed by atoms with Crippen molar-refractivity contribution in [1.82, 2.24) is 4.31 Å². The minimum absolute atomic E-state index is 0.0723. The van der Waals surface area contributed by atoms with Crippen molar-refractivity contribution in [3.8, 4) is 16.9 Å². The van der Waals surface area contributed by atoms with Crippen molar-refractivity contribution in [2.45, 2.75) is 4.90 Å². The standard InChI is InChI=1S/C18H18FNO5S2/c1-25-14-2-3-17(19)16(11-14)12-8-13(18(21)22)10-15(9-12)27(23,24)20-4-6-26-7-5-20/h2-3,8-11H,4-7H2,1H3,(H,21,22). The number of thioether (sulfide) groups is 1. The summed E-state index contributed by atoms with van der Waals surface area (Å²) < 4.78 is 46.7. The van der Waals surface area contributed by atoms with E-state index in [1.165, 1.54) is 41.7 Å². The number of methoxy groups -OCH3 is 1. The second-order valence-corrected chi connectivity index (χ2v) is 9.08. The highest BCUT2D eigenvalue weighted by molar-refractivity contribution is 7.99. The maximum Gasteiger partial charge on any atom is 0.335 e. The molecule has 0 aromatic heterocycles. The second-order valence-electron chi connectivity index (χ2n) is 5.91. The molecule has 0 unspecified atom stereocenters. The maximum absolute atomic E-state index is 14.3. The van der Waals surface area contributed by atoms with E-state index in [1.54, 1.807) is 11.8 Å². The van der Waals surface area contributed by atoms with Crippen molar-refractivity contribution in [3.05, 3.63) is 47.8 Å². The summed E-state index contributed by atoms with van der Waals surface area (Å²) in [5.74, 6) is -0.156. The molecule has 3 rings (SSSR count). The Hall–Kier alpha value is -2.10. The van der Waals surface area contributed by atoms with Crippen LogP contribution in [0.25, 0.3) is 11.1 Å². The predicted molar refractivity (Wildman–Crippen MR) is 101 cm³/mol. The SMILES string of the molecule is COc1ccc(F)c(-c2cc(C(=O)O)cc(S(=O)(=O)N3CCSCC3)c2)c1. The first kappa shape index (κ1) is 19.7. The third kappa shape index (κ3) is 4.10. The van der Waals surface area contributed by atoms with Gasteiger partial charge in [-0.15, -0.1) is 0 Å². The molecule has 1 heterocycles. The van der Waals surface area contributed by atoms with Crippen LogP contribution in [0.2, 0.25) is 0 Å². The van der Waals surface area contributed by atoms with E-state index < -0.39 is 21.8 Å². The minimum Gasteiger partial charge on any atom is -0.497 e. The highest BCUT2D eigenvalue weighted by Gasteiger charge is 2.28. The smallest absolute Gasteiger partial charge is 0.335 e. The van der Waals surface area contributed by atoms with Gasteiger partial charge in [-0.1, -0.05) is 0 Å². The van der Waals surface area contributed by atoms with Crippen LogP contribution in [0.15, 0.2) is 41.3 Å². The van der Waals surface area contributed by atoms with Gasteiger partial charge < -0.3 is 9.84 Å². The molecule has 2 aromatic rings. The van der Waals surface area contributed by atoms with E-state index in [0.717, 1.165) is 6.07 Å². The number of aromatic carboxylic acids is 1. The number of ether oxygens (including phenoxy) is 1. The van der Waals surface area contributed by atoms with E-state index in [9.17, 15) is 22.7 Å². The van der Waals surface area contributed by atoms with Gasteiger partial charge in [0.05, 0.1) is 17.6 Å². The fraction of sp³-hybridized carbons (Fsp3) is 0.278. The van der Waals surface area contributed by atoms with Gasteiger partial charge in [-0.25, -0.2) is 17.6 Å². The van der Waals surface area contributed by atoms with Crippen LogP contribution in [0.5, 0.6) is 5.75 Å². The molecular weight excluding hydrogens is 393 g/mol. The van der Waals surface area contributed by atoms with Gasteiger partial charge in [-0.2, -0.15) is 16.1 Å². The topological polar surface area (TPSA) is 83.9 Å². The molecule has 1 N–H and O–H groups in total. The van der Waals surface area contributed by atoms with E-state index in [1.807, 2.05) is 0 Å². The zero-order valence-corrected chi connectivity index (χ0v) is 16.1. The number of carboxylic acid groups (broad SMARTS) is 1. The van der Waals surface area contributed by atoms with Crippen molar-refractivity contribution in [3.63, 3.8) is 0 Å². The number of hydrogen-bond acceptors (Lipinski definition) is 5. The molecule has 0 spiro atoms. The van der Waals surface area contributed by atoms with Crippen molar-refractivity contribution < 1.29 is 27.4 Å². The van der Waals surface area contributed by atoms with Crippen LogP contribution < -0.4 is 4.74 Å². The first-order valence-corrected chi connectivity index (χ1v) is 10.7. The molecule has 0 aliphatic carbocycles. The Morgan fingerprint density at radius 1 is 1.19 bits per heavy atom. The fourth-order valence-corrected chi connectivity index (χ4v) is 5.46. The summed E-state index contributed by atoms with van der Waals surface area (Å²) >= 11 is 1.66. The highest BCUT2D eigenvalue weighted by Crippen LogP contribution is 2.31. The Labute approximate surface area is 161 Å². The first-order chi connectivity index (χ1) is 12.8. The molecule has 0 amide bonds. The fourth-order valence-electron chi connectivity index (χ4n) is 2.82. The molecule has 0 radical (unpaired) electrons. The van der Waals surface area contributed by atoms with Gasteiger partial charge in [0, 0.05) is 30.2 Å². The average Bonchev–Trinajstić information content (AvgIpc) is 2.68. The van der Waals surface area contributed by atoms with Crippen LogP contribution in [0.1, 0.15) is 10.4 Å². The average molecular weight is 411 g/mol. The lowest BCUT2D eigenvalue weighted by atomic mass is 10.0. The number of carboxylic acids is 1. The van der Waals surface area contributed by atoms with Gasteiger partial charge in [0.15, 0.2) is 0 Å². The summed E-state index contributed by atoms with van der Waals surface area (Å²) in [5.41, 5.74) is 0.0130. The third-order valence-electron chi connectivity index (χ3n) is 4.25. The zero-order valence-electron chi connectivity index (χ0n) is 14.5. The van der Waals surface area contributed by atoms with Crippen molar-refractivity contribution in [1.29, 1.82) is 0 Å². The van der Waals surface area contributed by atoms with Crippen LogP contribution in [0, 0.1) is 5.82 Å². The zero-order chi connectivity index (χ0) is 19.6. The lowest BCUT2D eigenvalue weighted by Crippen LogP contribution is -2.37. The molecule has 27 heavy (non-hydrogen) atoms. The molecule has 1 aliphatic rings. The second kappa shape index (κ2) is 7.87. The summed E-state index contributed by atoms with van der Waals surface area (Å²) in [6.07, 6.45) is 0. The molecule has 144 valence electrons. The van der Waals surface area contributed by atoms with Crippen LogP contribution in [-0.2, 0) is 10.0 Å². The highest BCUT2D eigenvalue weighted by atomic mass is 32.2. The van der Waals surface area contributed by atoms with Crippen molar-refractivity contribution in [2.24, 2.45) is 0 Å². The number of benzene rings is 2. The molecule has 0 bridgehead atoms. The molecule has 1 fully saturated rings. The summed E-state index contributed by atoms with van der Waals surface area (Å²) in [4.78, 5) is 11.4. The van der Waals surface area contributed by atoms with Gasteiger partial charge in [-0.3, -0.25) is 0 Å². The minimum atomic E-state index is -3.87. The van der Waals surface area contributed by atoms with E-state index in [4.69, 9.17) is 4.74 Å². The molecule has 0 saturated carbocycles. The molecule has 1 aliphatic heterocycles. The lowest BCUT2D eigenvalue weighted by Gasteiger charge is -2.26. The Balaban J connectivity index is 2.15. The van der Waals surface area contributed by atoms with Crippen LogP contribution in [0.3, 0.4) is 0 Å². The molecule has 1 saturated heterocycles.